The molecule has 1 amide bonds. The molecule has 0 unspecified atom stereocenters. The summed E-state index contributed by atoms with van der Waals surface area (Å²) in [6, 6.07) is 3.57. The zero-order chi connectivity index (χ0) is 14.4. The van der Waals surface area contributed by atoms with Crippen LogP contribution in [-0.4, -0.2) is 28.5 Å². The highest BCUT2D eigenvalue weighted by molar-refractivity contribution is 5.92. The second kappa shape index (κ2) is 6.16. The summed E-state index contributed by atoms with van der Waals surface area (Å²) in [5.41, 5.74) is -0.579. The largest absolute Gasteiger partial charge is 0.477 e. The number of carbonyl (C=O) groups excluding carboxylic acids is 1. The summed E-state index contributed by atoms with van der Waals surface area (Å²) in [6.07, 6.45) is 0. The van der Waals surface area contributed by atoms with E-state index in [9.17, 15) is 19.7 Å². The predicted octanol–water partition coefficient (Wildman–Crippen LogP) is 0.781. The summed E-state index contributed by atoms with van der Waals surface area (Å²) in [7, 11) is 0. The number of benzene rings is 1. The van der Waals surface area contributed by atoms with Gasteiger partial charge < -0.3 is 10.4 Å². The molecule has 0 heterocycles. The van der Waals surface area contributed by atoms with Gasteiger partial charge in [-0.3, -0.25) is 14.9 Å². The van der Waals surface area contributed by atoms with Crippen LogP contribution in [-0.2, 0) is 4.79 Å². The van der Waals surface area contributed by atoms with E-state index in [1.54, 1.807) is 0 Å². The number of nitrogens with one attached hydrogen (secondary N) is 1. The van der Waals surface area contributed by atoms with E-state index in [0.29, 0.717) is 5.56 Å². The molecule has 19 heavy (non-hydrogen) atoms. The Kier molecular flexibility index (Phi) is 4.60. The van der Waals surface area contributed by atoms with Gasteiger partial charge in [0.15, 0.2) is 0 Å². The van der Waals surface area contributed by atoms with Crippen LogP contribution < -0.4 is 5.32 Å². The first-order chi connectivity index (χ1) is 8.91. The molecule has 0 radical (unpaired) electrons. The molecule has 0 aliphatic rings. The first-order valence-corrected chi connectivity index (χ1v) is 5.17. The lowest BCUT2D eigenvalue weighted by Gasteiger charge is -1.98. The van der Waals surface area contributed by atoms with Crippen LogP contribution in [0.15, 0.2) is 18.2 Å². The minimum Gasteiger partial charge on any atom is -0.477 e. The van der Waals surface area contributed by atoms with Crippen LogP contribution in [0, 0.1) is 22.0 Å². The van der Waals surface area contributed by atoms with Crippen molar-refractivity contribution in [2.24, 2.45) is 0 Å². The van der Waals surface area contributed by atoms with Crippen LogP contribution in [0.2, 0.25) is 0 Å². The molecule has 0 saturated carbocycles. The highest BCUT2D eigenvalue weighted by Gasteiger charge is 2.19. The average Bonchev–Trinajstić information content (AvgIpc) is 2.33. The molecule has 1 aromatic rings. The Morgan fingerprint density at radius 2 is 2.16 bits per heavy atom. The zero-order valence-corrected chi connectivity index (χ0v) is 9.97. The van der Waals surface area contributed by atoms with E-state index in [2.05, 4.69) is 17.2 Å². The molecule has 7 nitrogen and oxygen atoms in total. The van der Waals surface area contributed by atoms with Gasteiger partial charge >= 0.3 is 5.97 Å². The summed E-state index contributed by atoms with van der Waals surface area (Å²) >= 11 is 0. The number of hydrogen-bond donors (Lipinski definition) is 2. The predicted molar refractivity (Wildman–Crippen MR) is 65.6 cm³/mol. The van der Waals surface area contributed by atoms with E-state index < -0.39 is 22.1 Å². The number of hydrogen-bond acceptors (Lipinski definition) is 4. The molecule has 0 aliphatic carbocycles. The number of aromatic carboxylic acids is 1. The van der Waals surface area contributed by atoms with Crippen LogP contribution >= 0.6 is 0 Å². The number of nitrogens with zero attached hydrogens (tertiary/aromatic N) is 1. The van der Waals surface area contributed by atoms with Crippen molar-refractivity contribution in [2.45, 2.75) is 6.92 Å². The molecule has 98 valence electrons. The Labute approximate surface area is 108 Å². The Morgan fingerprint density at radius 3 is 2.68 bits per heavy atom. The van der Waals surface area contributed by atoms with Gasteiger partial charge in [-0.1, -0.05) is 11.8 Å². The lowest BCUT2D eigenvalue weighted by Crippen LogP contribution is -2.19. The van der Waals surface area contributed by atoms with E-state index in [4.69, 9.17) is 5.11 Å². The molecule has 1 aromatic carbocycles. The Morgan fingerprint density at radius 1 is 1.47 bits per heavy atom. The van der Waals surface area contributed by atoms with Crippen molar-refractivity contribution in [3.05, 3.63) is 39.4 Å². The van der Waals surface area contributed by atoms with Crippen LogP contribution in [0.3, 0.4) is 0 Å². The average molecular weight is 262 g/mol. The highest BCUT2D eigenvalue weighted by atomic mass is 16.6. The number of carboxylic acid groups (broad SMARTS) is 1. The van der Waals surface area contributed by atoms with Crippen LogP contribution in [0.4, 0.5) is 5.69 Å². The maximum atomic E-state index is 10.9. The first-order valence-electron chi connectivity index (χ1n) is 5.17. The normalized spacial score (nSPS) is 9.11. The summed E-state index contributed by atoms with van der Waals surface area (Å²) in [5, 5.41) is 22.0. The summed E-state index contributed by atoms with van der Waals surface area (Å²) in [4.78, 5) is 31.3. The van der Waals surface area contributed by atoms with E-state index >= 15 is 0 Å². The summed E-state index contributed by atoms with van der Waals surface area (Å²) in [5.74, 6) is 3.59. The van der Waals surface area contributed by atoms with Crippen molar-refractivity contribution in [2.75, 3.05) is 6.54 Å². The minimum absolute atomic E-state index is 0.120. The molecule has 0 aliphatic heterocycles. The fourth-order valence-corrected chi connectivity index (χ4v) is 1.26. The van der Waals surface area contributed by atoms with Gasteiger partial charge in [-0.2, -0.15) is 0 Å². The van der Waals surface area contributed by atoms with E-state index in [1.165, 1.54) is 13.0 Å². The minimum atomic E-state index is -1.39. The molecule has 0 fully saturated rings. The van der Waals surface area contributed by atoms with Gasteiger partial charge in [0.05, 0.1) is 11.5 Å². The summed E-state index contributed by atoms with van der Waals surface area (Å²) < 4.78 is 0. The van der Waals surface area contributed by atoms with Crippen molar-refractivity contribution < 1.29 is 19.6 Å². The smallest absolute Gasteiger partial charge is 0.342 e. The third kappa shape index (κ3) is 4.12. The topological polar surface area (TPSA) is 110 Å². The van der Waals surface area contributed by atoms with Gasteiger partial charge in [0.2, 0.25) is 5.91 Å². The molecular weight excluding hydrogens is 252 g/mol. The number of amides is 1. The number of carbonyl (C=O) groups is 2. The maximum absolute atomic E-state index is 10.9. The molecule has 0 spiro atoms. The highest BCUT2D eigenvalue weighted by Crippen LogP contribution is 2.19. The number of rotatable bonds is 3. The third-order valence-corrected chi connectivity index (χ3v) is 2.08. The standard InChI is InChI=1S/C12H10N2O5/c1-8(15)13-6-2-3-9-4-5-11(14(18)19)10(7-9)12(16)17/h4-5,7H,6H2,1H3,(H,13,15)(H,16,17). The van der Waals surface area contributed by atoms with E-state index in [0.717, 1.165) is 12.1 Å². The zero-order valence-electron chi connectivity index (χ0n) is 9.97. The van der Waals surface area contributed by atoms with Crippen molar-refractivity contribution in [3.8, 4) is 11.8 Å². The van der Waals surface area contributed by atoms with Crippen molar-refractivity contribution in [1.82, 2.24) is 5.32 Å². The van der Waals surface area contributed by atoms with Gasteiger partial charge in [0.25, 0.3) is 5.69 Å². The Bertz CT molecular complexity index is 598. The fraction of sp³-hybridized carbons (Fsp3) is 0.167. The molecular formula is C12H10N2O5. The van der Waals surface area contributed by atoms with Crippen molar-refractivity contribution in [1.29, 1.82) is 0 Å². The SMILES string of the molecule is CC(=O)NCC#Cc1ccc([N+](=O)[O-])c(C(=O)O)c1. The number of nitro groups is 1. The van der Waals surface area contributed by atoms with Crippen molar-refractivity contribution in [3.63, 3.8) is 0 Å². The van der Waals surface area contributed by atoms with Crippen molar-refractivity contribution >= 4 is 17.6 Å². The van der Waals surface area contributed by atoms with Gasteiger partial charge in [0, 0.05) is 18.6 Å². The van der Waals surface area contributed by atoms with Gasteiger partial charge in [-0.05, 0) is 12.1 Å². The fourth-order valence-electron chi connectivity index (χ4n) is 1.26. The molecule has 0 bridgehead atoms. The molecule has 0 saturated heterocycles. The van der Waals surface area contributed by atoms with Gasteiger partial charge in [0.1, 0.15) is 5.56 Å². The lowest BCUT2D eigenvalue weighted by molar-refractivity contribution is -0.385. The molecule has 0 aromatic heterocycles. The second-order valence-corrected chi connectivity index (χ2v) is 3.51. The molecule has 2 N–H and O–H groups in total. The van der Waals surface area contributed by atoms with E-state index in [1.807, 2.05) is 0 Å². The third-order valence-electron chi connectivity index (χ3n) is 2.08. The first kappa shape index (κ1) is 14.2. The van der Waals surface area contributed by atoms with E-state index in [-0.39, 0.29) is 12.5 Å². The Balaban J connectivity index is 2.99. The van der Waals surface area contributed by atoms with Crippen LogP contribution in [0.25, 0.3) is 0 Å². The van der Waals surface area contributed by atoms with Crippen LogP contribution in [0.5, 0.6) is 0 Å². The van der Waals surface area contributed by atoms with Gasteiger partial charge in [-0.15, -0.1) is 0 Å². The maximum Gasteiger partial charge on any atom is 0.342 e. The number of carboxylic acids is 1. The summed E-state index contributed by atoms with van der Waals surface area (Å²) in [6.45, 7) is 1.46. The van der Waals surface area contributed by atoms with Gasteiger partial charge in [-0.25, -0.2) is 4.79 Å². The van der Waals surface area contributed by atoms with Crippen LogP contribution in [0.1, 0.15) is 22.8 Å². The molecule has 7 heteroatoms. The Hall–Kier alpha value is -2.88. The second-order valence-electron chi connectivity index (χ2n) is 3.51. The quantitative estimate of drug-likeness (QED) is 0.475. The molecule has 0 atom stereocenters. The molecule has 1 rings (SSSR count). The lowest BCUT2D eigenvalue weighted by atomic mass is 10.1. The number of nitro benzene ring substituents is 1. The monoisotopic (exact) mass is 262 g/mol.